The molecule has 3 rings (SSSR count). The maximum atomic E-state index is 10.1. The highest BCUT2D eigenvalue weighted by Crippen LogP contribution is 2.35. The Bertz CT molecular complexity index is 869. The first kappa shape index (κ1) is 17.5. The smallest absolute Gasteiger partial charge is 0.137 e. The Hall–Kier alpha value is -2.35. The fraction of sp³-hybridized carbons (Fsp3) is 0.211. The van der Waals surface area contributed by atoms with Crippen LogP contribution in [0, 0.1) is 11.3 Å². The lowest BCUT2D eigenvalue weighted by Crippen LogP contribution is -2.31. The van der Waals surface area contributed by atoms with Crippen LogP contribution in [0.2, 0.25) is 10.0 Å². The Labute approximate surface area is 156 Å². The van der Waals surface area contributed by atoms with Gasteiger partial charge in [-0.1, -0.05) is 53.5 Å². The van der Waals surface area contributed by atoms with Crippen LogP contribution in [0.15, 0.2) is 61.2 Å². The van der Waals surface area contributed by atoms with Crippen LogP contribution in [0.25, 0.3) is 0 Å². The molecule has 3 aromatic rings. The van der Waals surface area contributed by atoms with Crippen molar-refractivity contribution in [1.29, 1.82) is 5.26 Å². The quantitative estimate of drug-likeness (QED) is 0.632. The number of benzene rings is 2. The van der Waals surface area contributed by atoms with E-state index in [2.05, 4.69) is 16.2 Å². The molecule has 0 N–H and O–H groups in total. The Morgan fingerprint density at radius 3 is 2.48 bits per heavy atom. The normalized spacial score (nSPS) is 13.2. The molecule has 6 heteroatoms. The molecule has 1 aromatic heterocycles. The molecule has 1 atom stereocenters. The molecule has 0 bridgehead atoms. The summed E-state index contributed by atoms with van der Waals surface area (Å²) in [5, 5.41) is 15.5. The minimum absolute atomic E-state index is 0.390. The second-order valence-electron chi connectivity index (χ2n) is 5.89. The van der Waals surface area contributed by atoms with Crippen molar-refractivity contribution in [2.24, 2.45) is 0 Å². The van der Waals surface area contributed by atoms with Crippen LogP contribution in [0.4, 0.5) is 0 Å². The van der Waals surface area contributed by atoms with Gasteiger partial charge in [0.05, 0.1) is 12.6 Å². The molecular formula is C19H16Cl2N4. The Morgan fingerprint density at radius 1 is 1.08 bits per heavy atom. The first-order chi connectivity index (χ1) is 12.1. The third-order valence-electron chi connectivity index (χ3n) is 4.26. The summed E-state index contributed by atoms with van der Waals surface area (Å²) in [5.41, 5.74) is 1.13. The highest BCUT2D eigenvalue weighted by Gasteiger charge is 2.35. The lowest BCUT2D eigenvalue weighted by Gasteiger charge is -2.28. The van der Waals surface area contributed by atoms with Gasteiger partial charge in [0, 0.05) is 10.0 Å². The zero-order valence-corrected chi connectivity index (χ0v) is 15.0. The predicted molar refractivity (Wildman–Crippen MR) is 98.5 cm³/mol. The van der Waals surface area contributed by atoms with E-state index in [1.54, 1.807) is 11.0 Å². The Balaban J connectivity index is 1.94. The fourth-order valence-electron chi connectivity index (χ4n) is 2.90. The van der Waals surface area contributed by atoms with E-state index in [0.29, 0.717) is 23.0 Å². The number of hydrogen-bond donors (Lipinski definition) is 0. The molecule has 0 spiro atoms. The van der Waals surface area contributed by atoms with Gasteiger partial charge in [0.15, 0.2) is 0 Å². The van der Waals surface area contributed by atoms with Crippen molar-refractivity contribution in [2.75, 3.05) is 0 Å². The molecule has 1 heterocycles. The SMILES string of the molecule is N#CC(CCc1ccc(Cl)cc1)(Cn1cncn1)c1ccccc1Cl. The summed E-state index contributed by atoms with van der Waals surface area (Å²) >= 11 is 12.4. The summed E-state index contributed by atoms with van der Waals surface area (Å²) in [4.78, 5) is 3.98. The molecule has 0 aliphatic carbocycles. The number of nitrogens with zero attached hydrogens (tertiary/aromatic N) is 4. The largest absolute Gasteiger partial charge is 0.251 e. The van der Waals surface area contributed by atoms with Crippen LogP contribution >= 0.6 is 23.2 Å². The highest BCUT2D eigenvalue weighted by molar-refractivity contribution is 6.31. The van der Waals surface area contributed by atoms with Crippen LogP contribution in [0.1, 0.15) is 17.5 Å². The van der Waals surface area contributed by atoms with Gasteiger partial charge in [-0.15, -0.1) is 0 Å². The van der Waals surface area contributed by atoms with E-state index in [1.807, 2.05) is 48.5 Å². The summed E-state index contributed by atoms with van der Waals surface area (Å²) in [7, 11) is 0. The minimum Gasteiger partial charge on any atom is -0.251 e. The molecule has 2 aromatic carbocycles. The van der Waals surface area contributed by atoms with Gasteiger partial charge in [0.2, 0.25) is 0 Å². The maximum Gasteiger partial charge on any atom is 0.137 e. The second kappa shape index (κ2) is 7.69. The number of hydrogen-bond acceptors (Lipinski definition) is 3. The van der Waals surface area contributed by atoms with Crippen LogP contribution in [0.3, 0.4) is 0 Å². The molecule has 0 amide bonds. The molecule has 126 valence electrons. The van der Waals surface area contributed by atoms with Crippen molar-refractivity contribution in [1.82, 2.24) is 14.8 Å². The average molecular weight is 371 g/mol. The van der Waals surface area contributed by atoms with Crippen molar-refractivity contribution >= 4 is 23.2 Å². The third-order valence-corrected chi connectivity index (χ3v) is 4.84. The van der Waals surface area contributed by atoms with Crippen LogP contribution in [-0.2, 0) is 18.4 Å². The van der Waals surface area contributed by atoms with E-state index < -0.39 is 5.41 Å². The van der Waals surface area contributed by atoms with Crippen LogP contribution in [-0.4, -0.2) is 14.8 Å². The van der Waals surface area contributed by atoms with Gasteiger partial charge in [0.25, 0.3) is 0 Å². The van der Waals surface area contributed by atoms with Gasteiger partial charge in [-0.25, -0.2) is 4.98 Å². The Kier molecular flexibility index (Phi) is 5.37. The highest BCUT2D eigenvalue weighted by atomic mass is 35.5. The lowest BCUT2D eigenvalue weighted by atomic mass is 9.77. The van der Waals surface area contributed by atoms with Crippen molar-refractivity contribution in [3.8, 4) is 6.07 Å². The number of aromatic nitrogens is 3. The monoisotopic (exact) mass is 370 g/mol. The molecule has 0 aliphatic heterocycles. The molecule has 0 saturated carbocycles. The zero-order chi connectivity index (χ0) is 17.7. The minimum atomic E-state index is -0.800. The summed E-state index contributed by atoms with van der Waals surface area (Å²) in [6.45, 7) is 0.390. The number of halogens is 2. The zero-order valence-electron chi connectivity index (χ0n) is 13.4. The van der Waals surface area contributed by atoms with Gasteiger partial charge < -0.3 is 0 Å². The molecule has 0 radical (unpaired) electrons. The molecule has 4 nitrogen and oxygen atoms in total. The van der Waals surface area contributed by atoms with E-state index in [-0.39, 0.29) is 0 Å². The molecular weight excluding hydrogens is 355 g/mol. The first-order valence-corrected chi connectivity index (χ1v) is 8.62. The van der Waals surface area contributed by atoms with E-state index >= 15 is 0 Å². The summed E-state index contributed by atoms with van der Waals surface area (Å²) in [6, 6.07) is 17.7. The van der Waals surface area contributed by atoms with Gasteiger partial charge in [-0.05, 0) is 42.2 Å². The van der Waals surface area contributed by atoms with Crippen LogP contribution < -0.4 is 0 Å². The number of nitriles is 1. The molecule has 0 aliphatic rings. The van der Waals surface area contributed by atoms with Crippen molar-refractivity contribution in [3.63, 3.8) is 0 Å². The molecule has 0 fully saturated rings. The summed E-state index contributed by atoms with van der Waals surface area (Å²) < 4.78 is 1.68. The fourth-order valence-corrected chi connectivity index (χ4v) is 3.34. The van der Waals surface area contributed by atoms with Crippen molar-refractivity contribution in [3.05, 3.63) is 82.4 Å². The van der Waals surface area contributed by atoms with Gasteiger partial charge in [-0.2, -0.15) is 10.4 Å². The van der Waals surface area contributed by atoms with Gasteiger partial charge >= 0.3 is 0 Å². The lowest BCUT2D eigenvalue weighted by molar-refractivity contribution is 0.402. The standard InChI is InChI=1S/C19H16Cl2N4/c20-16-7-5-15(6-8-16)9-10-19(11-22,12-25-14-23-13-24-25)17-3-1-2-4-18(17)21/h1-8,13-14H,9-10,12H2. The van der Waals surface area contributed by atoms with Gasteiger partial charge in [-0.3, -0.25) is 4.68 Å². The van der Waals surface area contributed by atoms with Crippen molar-refractivity contribution in [2.45, 2.75) is 24.8 Å². The topological polar surface area (TPSA) is 54.5 Å². The summed E-state index contributed by atoms with van der Waals surface area (Å²) in [5.74, 6) is 0. The predicted octanol–water partition coefficient (Wildman–Crippen LogP) is 4.68. The maximum absolute atomic E-state index is 10.1. The second-order valence-corrected chi connectivity index (χ2v) is 6.74. The van der Waals surface area contributed by atoms with E-state index in [9.17, 15) is 5.26 Å². The number of aryl methyl sites for hydroxylation is 1. The van der Waals surface area contributed by atoms with E-state index in [4.69, 9.17) is 23.2 Å². The first-order valence-electron chi connectivity index (χ1n) is 7.86. The molecule has 25 heavy (non-hydrogen) atoms. The van der Waals surface area contributed by atoms with Crippen LogP contribution in [0.5, 0.6) is 0 Å². The van der Waals surface area contributed by atoms with Crippen molar-refractivity contribution < 1.29 is 0 Å². The Morgan fingerprint density at radius 2 is 1.84 bits per heavy atom. The van der Waals surface area contributed by atoms with E-state index in [0.717, 1.165) is 17.5 Å². The number of rotatable bonds is 6. The molecule has 1 unspecified atom stereocenters. The molecule has 0 saturated heterocycles. The van der Waals surface area contributed by atoms with Gasteiger partial charge in [0.1, 0.15) is 18.1 Å². The third kappa shape index (κ3) is 4.01. The van der Waals surface area contributed by atoms with E-state index in [1.165, 1.54) is 6.33 Å². The summed E-state index contributed by atoms with van der Waals surface area (Å²) in [6.07, 6.45) is 4.42. The average Bonchev–Trinajstić information content (AvgIpc) is 3.13.